The van der Waals surface area contributed by atoms with Gasteiger partial charge in [-0.1, -0.05) is 79.9 Å². The maximum atomic E-state index is 12.1. The molecule has 1 fully saturated rings. The molecule has 8 aromatic carbocycles. The Morgan fingerprint density at radius 2 is 0.822 bits per heavy atom. The van der Waals surface area contributed by atoms with E-state index in [4.69, 9.17) is 82.4 Å². The summed E-state index contributed by atoms with van der Waals surface area (Å²) in [5.74, 6) is 7.60. The Morgan fingerprint density at radius 1 is 0.467 bits per heavy atom. The van der Waals surface area contributed by atoms with Crippen LogP contribution in [0.4, 0.5) is 16.2 Å². The first-order valence-electron chi connectivity index (χ1n) is 27.4. The fourth-order valence-corrected chi connectivity index (χ4v) is 8.00. The number of phenolic OH excluding ortho intramolecular Hbond substituents is 1. The van der Waals surface area contributed by atoms with E-state index in [9.17, 15) is 9.59 Å². The molecule has 0 atom stereocenters. The number of hydrogen-bond donors (Lipinski definition) is 3. The summed E-state index contributed by atoms with van der Waals surface area (Å²) in [6.07, 6.45) is 7.41. The lowest BCUT2D eigenvalue weighted by Gasteiger charge is -2.11. The number of phenols is 1. The topological polar surface area (TPSA) is 276 Å². The van der Waals surface area contributed by atoms with Gasteiger partial charge >= 0.3 is 11.4 Å². The zero-order chi connectivity index (χ0) is 64.4. The minimum absolute atomic E-state index is 0.155. The predicted molar refractivity (Wildman–Crippen MR) is 345 cm³/mol. The highest BCUT2D eigenvalue weighted by Crippen LogP contribution is 2.38. The Bertz CT molecular complexity index is 4060. The molecule has 23 heteroatoms. The van der Waals surface area contributed by atoms with Gasteiger partial charge in [-0.05, 0) is 115 Å². The summed E-state index contributed by atoms with van der Waals surface area (Å²) in [4.78, 5) is 47.2. The molecule has 21 nitrogen and oxygen atoms in total. The van der Waals surface area contributed by atoms with E-state index in [1.54, 1.807) is 176 Å². The van der Waals surface area contributed by atoms with E-state index >= 15 is 0 Å². The van der Waals surface area contributed by atoms with Crippen molar-refractivity contribution in [3.05, 3.63) is 200 Å². The van der Waals surface area contributed by atoms with Gasteiger partial charge in [0.05, 0.1) is 76.4 Å². The first-order valence-corrected chi connectivity index (χ1v) is 28.1. The number of nitrogens with zero attached hydrogens (tertiary/aromatic N) is 6. The number of anilines is 2. The fraction of sp³-hybridized carbons (Fsp3) is 0.164. The molecule has 11 aromatic rings. The summed E-state index contributed by atoms with van der Waals surface area (Å²) in [5.41, 5.74) is 14.4. The molecule has 3 heterocycles. The fourth-order valence-electron chi connectivity index (χ4n) is 7.71. The standard InChI is InChI=1S/C24H20N2O5.C16H15N3O3.C10H9ClN2O2.C7H5ClO2.C6H7NO.C4H8/c1-28-21-13-19-20(14-22(21)29-2)25-15-26-24(19)31-18-10-8-16(9-11-18)12-23(27)30-17-6-4-3-5-7-17;1-20-14-7-12-13(8-15(14)21-2)18-9-19-16(12)22-11-5-3-10(17)4-6-11;1-14-8-3-6-7(4-9(8)15-2)12-5-13-10(6)11;8-7(9)10-6-4-2-1-3-5-6;7-5-1-3-6(8)4-2-5;1-4-2-3-4/h3-11,13-15H,12H2,1-2H3;3-9H,17H2,1-2H3;3-5H,1-2H3;1-5H;1-4,8H,7H2;4H,2-3H2,1H3. The molecule has 12 rings (SSSR count). The number of aromatic hydroxyl groups is 1. The molecule has 464 valence electrons. The number of nitrogen functional groups attached to an aromatic ring is 2. The monoisotopic (exact) mass is 1260 g/mol. The highest BCUT2D eigenvalue weighted by Gasteiger charge is 2.16. The molecule has 0 radical (unpaired) electrons. The number of halogens is 2. The van der Waals surface area contributed by atoms with Crippen LogP contribution < -0.4 is 58.8 Å². The van der Waals surface area contributed by atoms with Gasteiger partial charge in [0.15, 0.2) is 34.5 Å². The minimum atomic E-state index is -0.814. The number of carbonyl (C=O) groups is 2. The molecule has 0 unspecified atom stereocenters. The average molecular weight is 1260 g/mol. The zero-order valence-electron chi connectivity index (χ0n) is 50.0. The van der Waals surface area contributed by atoms with Crippen molar-refractivity contribution in [3.8, 4) is 75.0 Å². The number of ether oxygens (including phenoxy) is 10. The number of aromatic nitrogens is 6. The van der Waals surface area contributed by atoms with Crippen LogP contribution in [-0.2, 0) is 11.2 Å². The van der Waals surface area contributed by atoms with Crippen molar-refractivity contribution in [3.63, 3.8) is 0 Å². The van der Waals surface area contributed by atoms with Crippen LogP contribution in [0.5, 0.6) is 75.0 Å². The van der Waals surface area contributed by atoms with E-state index in [0.717, 1.165) is 27.8 Å². The molecule has 0 spiro atoms. The van der Waals surface area contributed by atoms with Crippen molar-refractivity contribution in [1.29, 1.82) is 0 Å². The maximum absolute atomic E-state index is 12.1. The van der Waals surface area contributed by atoms with Crippen LogP contribution in [0.2, 0.25) is 5.15 Å². The van der Waals surface area contributed by atoms with Crippen LogP contribution in [0.1, 0.15) is 25.3 Å². The number of para-hydroxylation sites is 2. The number of benzene rings is 8. The first kappa shape index (κ1) is 66.6. The molecule has 0 aliphatic heterocycles. The van der Waals surface area contributed by atoms with E-state index in [0.29, 0.717) is 102 Å². The number of methoxy groups -OCH3 is 6. The Hall–Kier alpha value is -10.9. The van der Waals surface area contributed by atoms with Crippen molar-refractivity contribution in [1.82, 2.24) is 29.9 Å². The third-order valence-electron chi connectivity index (χ3n) is 12.6. The van der Waals surface area contributed by atoms with Gasteiger partial charge in [-0.25, -0.2) is 34.7 Å². The lowest BCUT2D eigenvalue weighted by Crippen LogP contribution is -2.11. The number of rotatable bonds is 14. The second-order valence-electron chi connectivity index (χ2n) is 19.0. The van der Waals surface area contributed by atoms with Gasteiger partial charge in [0.1, 0.15) is 52.9 Å². The van der Waals surface area contributed by atoms with Crippen molar-refractivity contribution in [2.24, 2.45) is 5.92 Å². The van der Waals surface area contributed by atoms with Gasteiger partial charge in [-0.2, -0.15) is 0 Å². The van der Waals surface area contributed by atoms with Crippen LogP contribution in [0.25, 0.3) is 32.7 Å². The Kier molecular flexibility index (Phi) is 25.1. The number of carbonyl (C=O) groups excluding carboxylic acids is 2. The lowest BCUT2D eigenvalue weighted by molar-refractivity contribution is -0.133. The Morgan fingerprint density at radius 3 is 1.21 bits per heavy atom. The number of fused-ring (bicyclic) bond motifs is 3. The average Bonchev–Trinajstić information content (AvgIpc) is 1.15. The van der Waals surface area contributed by atoms with Crippen molar-refractivity contribution in [2.45, 2.75) is 26.2 Å². The largest absolute Gasteiger partial charge is 0.508 e. The number of hydrogen-bond acceptors (Lipinski definition) is 21. The molecule has 3 aromatic heterocycles. The molecule has 0 amide bonds. The van der Waals surface area contributed by atoms with E-state index in [1.807, 2.05) is 36.4 Å². The molecular weight excluding hydrogens is 1200 g/mol. The summed E-state index contributed by atoms with van der Waals surface area (Å²) < 4.78 is 53.2. The molecule has 1 saturated carbocycles. The van der Waals surface area contributed by atoms with Crippen LogP contribution in [0.15, 0.2) is 189 Å². The lowest BCUT2D eigenvalue weighted by atomic mass is 10.1. The summed E-state index contributed by atoms with van der Waals surface area (Å²) in [5, 5.41) is 11.3. The van der Waals surface area contributed by atoms with Gasteiger partial charge in [0.2, 0.25) is 11.8 Å². The normalized spacial score (nSPS) is 10.9. The smallest absolute Gasteiger partial charge is 0.409 e. The minimum Gasteiger partial charge on any atom is -0.508 e. The third kappa shape index (κ3) is 20.4. The summed E-state index contributed by atoms with van der Waals surface area (Å²) >= 11 is 10.9. The van der Waals surface area contributed by atoms with Gasteiger partial charge in [-0.15, -0.1) is 0 Å². The van der Waals surface area contributed by atoms with Gasteiger partial charge in [0, 0.05) is 46.6 Å². The molecule has 90 heavy (non-hydrogen) atoms. The van der Waals surface area contributed by atoms with Crippen molar-refractivity contribution in [2.75, 3.05) is 54.1 Å². The van der Waals surface area contributed by atoms with E-state index in [1.165, 1.54) is 31.8 Å². The highest BCUT2D eigenvalue weighted by molar-refractivity contribution is 6.61. The Labute approximate surface area is 529 Å². The predicted octanol–water partition coefficient (Wildman–Crippen LogP) is 14.7. The molecule has 0 bridgehead atoms. The maximum Gasteiger partial charge on any atom is 0.409 e. The summed E-state index contributed by atoms with van der Waals surface area (Å²) in [6.45, 7) is 2.28. The molecule has 0 saturated heterocycles. The Balaban J connectivity index is 0.000000169. The van der Waals surface area contributed by atoms with Crippen LogP contribution in [0.3, 0.4) is 0 Å². The van der Waals surface area contributed by atoms with E-state index in [-0.39, 0.29) is 18.1 Å². The quantitative estimate of drug-likeness (QED) is 0.0228. The van der Waals surface area contributed by atoms with Crippen LogP contribution >= 0.6 is 23.2 Å². The summed E-state index contributed by atoms with van der Waals surface area (Å²) in [7, 11) is 9.44. The van der Waals surface area contributed by atoms with Crippen LogP contribution in [0, 0.1) is 5.92 Å². The second-order valence-corrected chi connectivity index (χ2v) is 19.7. The van der Waals surface area contributed by atoms with E-state index < -0.39 is 5.43 Å². The molecule has 5 N–H and O–H groups in total. The summed E-state index contributed by atoms with van der Waals surface area (Å²) in [6, 6.07) is 49.0. The van der Waals surface area contributed by atoms with Gasteiger partial charge in [-0.3, -0.25) is 4.79 Å². The number of esters is 1. The van der Waals surface area contributed by atoms with Crippen LogP contribution in [-0.4, -0.2) is 89.1 Å². The van der Waals surface area contributed by atoms with Crippen molar-refractivity contribution < 1.29 is 62.1 Å². The first-order chi connectivity index (χ1) is 43.6. The molecular formula is C67H64Cl2N8O13. The SMILES string of the molecule is CC1CC1.COc1cc2ncnc(Cl)c2cc1OC.COc1cc2ncnc(Oc3ccc(CC(=O)Oc4ccccc4)cc3)c2cc1OC.COc1cc2ncnc(Oc3ccc(N)cc3)c2cc1OC.Nc1ccc(O)cc1.O=C(Cl)Oc1ccccc1. The molecule has 1 aliphatic carbocycles. The highest BCUT2D eigenvalue weighted by atomic mass is 35.5. The molecule has 1 aliphatic rings. The second kappa shape index (κ2) is 33.9. The van der Waals surface area contributed by atoms with Crippen molar-refractivity contribution >= 4 is 78.7 Å². The van der Waals surface area contributed by atoms with E-state index in [2.05, 4.69) is 41.6 Å². The zero-order valence-corrected chi connectivity index (χ0v) is 51.5. The van der Waals surface area contributed by atoms with Gasteiger partial charge < -0.3 is 63.9 Å². The van der Waals surface area contributed by atoms with Gasteiger partial charge in [0.25, 0.3) is 0 Å². The third-order valence-corrected chi connectivity index (χ3v) is 12.9. The number of nitrogens with two attached hydrogens (primary N) is 2.